The number of hydrogen-bond donors (Lipinski definition) is 0. The summed E-state index contributed by atoms with van der Waals surface area (Å²) >= 11 is 5.67. The molecule has 0 amide bonds. The summed E-state index contributed by atoms with van der Waals surface area (Å²) in [6, 6.07) is 33.0. The molecule has 0 saturated carbocycles. The van der Waals surface area contributed by atoms with Crippen molar-refractivity contribution in [1.29, 1.82) is 0 Å². The van der Waals surface area contributed by atoms with Gasteiger partial charge in [0.2, 0.25) is 0 Å². The summed E-state index contributed by atoms with van der Waals surface area (Å²) in [5.74, 6) is -2.11. The average molecular weight is 589 g/mol. The van der Waals surface area contributed by atoms with Crippen LogP contribution in [0.15, 0.2) is 127 Å². The Morgan fingerprint density at radius 3 is 1.07 bits per heavy atom. The molecule has 0 atom stereocenters. The fourth-order valence-corrected chi connectivity index (χ4v) is 4.27. The van der Waals surface area contributed by atoms with Crippen molar-refractivity contribution in [3.8, 4) is 11.5 Å². The van der Waals surface area contributed by atoms with Crippen LogP contribution in [-0.4, -0.2) is 28.7 Å². The minimum absolute atomic E-state index is 0.0672. The zero-order chi connectivity index (χ0) is 30.3. The topological polar surface area (TPSA) is 104 Å². The second-order valence-electron chi connectivity index (χ2n) is 9.29. The molecular weight excluding hydrogens is 568 g/mol. The summed E-state index contributed by atoms with van der Waals surface area (Å²) in [6.45, 7) is 0. The molecule has 5 aromatic carbocycles. The van der Waals surface area contributed by atoms with Gasteiger partial charge in [0.15, 0.2) is 11.6 Å². The highest BCUT2D eigenvalue weighted by Gasteiger charge is 2.17. The van der Waals surface area contributed by atoms with Crippen LogP contribution in [-0.2, 0) is 0 Å². The number of carbonyl (C=O) groups is 5. The summed E-state index contributed by atoms with van der Waals surface area (Å²) in [7, 11) is 0. The largest absolute Gasteiger partial charge is 0.423 e. The molecule has 5 aromatic rings. The molecule has 0 fully saturated rings. The summed E-state index contributed by atoms with van der Waals surface area (Å²) < 4.78 is 10.8. The third-order valence-corrected chi connectivity index (χ3v) is 6.58. The van der Waals surface area contributed by atoms with E-state index in [1.807, 2.05) is 12.1 Å². The first-order valence-electron chi connectivity index (χ1n) is 13.0. The van der Waals surface area contributed by atoms with Gasteiger partial charge in [0.25, 0.3) is 5.24 Å². The van der Waals surface area contributed by atoms with Crippen LogP contribution in [0.3, 0.4) is 0 Å². The zero-order valence-corrected chi connectivity index (χ0v) is 23.1. The monoisotopic (exact) mass is 588 g/mol. The van der Waals surface area contributed by atoms with Crippen molar-refractivity contribution in [3.63, 3.8) is 0 Å². The smallest absolute Gasteiger partial charge is 0.343 e. The Balaban J connectivity index is 1.29. The predicted octanol–water partition coefficient (Wildman–Crippen LogP) is 6.97. The lowest BCUT2D eigenvalue weighted by molar-refractivity contribution is 0.0730. The van der Waals surface area contributed by atoms with E-state index in [1.54, 1.807) is 48.5 Å². The van der Waals surface area contributed by atoms with Gasteiger partial charge in [-0.05, 0) is 48.0 Å². The van der Waals surface area contributed by atoms with Gasteiger partial charge >= 0.3 is 11.9 Å². The number of carbonyl (C=O) groups excluding carboxylic acids is 5. The van der Waals surface area contributed by atoms with E-state index in [2.05, 4.69) is 0 Å². The van der Waals surface area contributed by atoms with Gasteiger partial charge in [-0.1, -0.05) is 84.9 Å². The Hall–Kier alpha value is -5.66. The predicted molar refractivity (Wildman–Crippen MR) is 159 cm³/mol. The van der Waals surface area contributed by atoms with Crippen LogP contribution < -0.4 is 9.47 Å². The third kappa shape index (κ3) is 6.98. The van der Waals surface area contributed by atoms with Gasteiger partial charge in [0, 0.05) is 33.9 Å². The molecule has 0 spiro atoms. The Kier molecular flexibility index (Phi) is 8.65. The fraction of sp³-hybridized carbons (Fsp3) is 0. The molecule has 43 heavy (non-hydrogen) atoms. The van der Waals surface area contributed by atoms with E-state index < -0.39 is 17.2 Å². The summed E-state index contributed by atoms with van der Waals surface area (Å²) in [5.41, 5.74) is 2.04. The highest BCUT2D eigenvalue weighted by Crippen LogP contribution is 2.26. The Bertz CT molecular complexity index is 1700. The van der Waals surface area contributed by atoms with Crippen molar-refractivity contribution in [2.75, 3.05) is 0 Å². The van der Waals surface area contributed by atoms with Gasteiger partial charge in [0.1, 0.15) is 11.5 Å². The van der Waals surface area contributed by atoms with Gasteiger partial charge < -0.3 is 9.47 Å². The highest BCUT2D eigenvalue weighted by atomic mass is 35.5. The van der Waals surface area contributed by atoms with Crippen LogP contribution in [0.1, 0.15) is 62.9 Å². The number of ketones is 2. The molecule has 5 rings (SSSR count). The molecule has 210 valence electrons. The Morgan fingerprint density at radius 1 is 0.395 bits per heavy atom. The van der Waals surface area contributed by atoms with Crippen molar-refractivity contribution in [3.05, 3.63) is 166 Å². The van der Waals surface area contributed by atoms with Crippen molar-refractivity contribution in [1.82, 2.24) is 0 Å². The van der Waals surface area contributed by atoms with E-state index >= 15 is 0 Å². The van der Waals surface area contributed by atoms with Gasteiger partial charge in [-0.25, -0.2) is 9.59 Å². The first-order valence-corrected chi connectivity index (χ1v) is 13.4. The van der Waals surface area contributed by atoms with E-state index in [-0.39, 0.29) is 39.8 Å². The molecule has 0 aliphatic heterocycles. The standard InChI is InChI=1S/C35H21ClO7/c36-33(39)28-19-29(42-34(40)26-15-11-24(12-16-26)31(37)22-7-3-1-4-8-22)21-30(20-28)43-35(41)27-17-13-25(14-18-27)32(38)23-9-5-2-6-10-23/h1-21H. The molecule has 8 heteroatoms. The first kappa shape index (κ1) is 28.9. The van der Waals surface area contributed by atoms with Crippen molar-refractivity contribution < 1.29 is 33.4 Å². The molecule has 0 N–H and O–H groups in total. The minimum atomic E-state index is -0.859. The minimum Gasteiger partial charge on any atom is -0.423 e. The van der Waals surface area contributed by atoms with E-state index in [1.165, 1.54) is 66.7 Å². The lowest BCUT2D eigenvalue weighted by Crippen LogP contribution is -2.12. The maximum atomic E-state index is 12.8. The number of hydrogen-bond acceptors (Lipinski definition) is 7. The van der Waals surface area contributed by atoms with Crippen molar-refractivity contribution >= 4 is 40.3 Å². The molecular formula is C35H21ClO7. The number of ether oxygens (including phenoxy) is 2. The summed E-state index contributed by atoms with van der Waals surface area (Å²) in [5, 5.41) is -0.859. The molecule has 7 nitrogen and oxygen atoms in total. The van der Waals surface area contributed by atoms with Crippen LogP contribution in [0.2, 0.25) is 0 Å². The lowest BCUT2D eigenvalue weighted by atomic mass is 10.0. The maximum absolute atomic E-state index is 12.8. The number of rotatable bonds is 9. The maximum Gasteiger partial charge on any atom is 0.343 e. The van der Waals surface area contributed by atoms with Crippen LogP contribution in [0.25, 0.3) is 0 Å². The quantitative estimate of drug-likeness (QED) is 0.0793. The summed E-state index contributed by atoms with van der Waals surface area (Å²) in [4.78, 5) is 62.9. The van der Waals surface area contributed by atoms with Crippen LogP contribution in [0.5, 0.6) is 11.5 Å². The second kappa shape index (κ2) is 12.9. The lowest BCUT2D eigenvalue weighted by Gasteiger charge is -2.10. The summed E-state index contributed by atoms with van der Waals surface area (Å²) in [6.07, 6.45) is 0. The van der Waals surface area contributed by atoms with Crippen LogP contribution in [0.4, 0.5) is 0 Å². The van der Waals surface area contributed by atoms with Crippen LogP contribution in [0, 0.1) is 0 Å². The van der Waals surface area contributed by atoms with Gasteiger partial charge in [-0.15, -0.1) is 0 Å². The van der Waals surface area contributed by atoms with E-state index in [4.69, 9.17) is 21.1 Å². The number of benzene rings is 5. The Morgan fingerprint density at radius 2 is 0.721 bits per heavy atom. The zero-order valence-electron chi connectivity index (χ0n) is 22.4. The molecule has 0 heterocycles. The normalized spacial score (nSPS) is 10.4. The molecule has 0 aliphatic carbocycles. The molecule has 0 bridgehead atoms. The Labute approximate surface area is 251 Å². The molecule has 0 unspecified atom stereocenters. The first-order chi connectivity index (χ1) is 20.8. The van der Waals surface area contributed by atoms with E-state index in [9.17, 15) is 24.0 Å². The van der Waals surface area contributed by atoms with E-state index in [0.29, 0.717) is 22.3 Å². The molecule has 0 aliphatic rings. The SMILES string of the molecule is O=C(Cl)c1cc(OC(=O)c2ccc(C(=O)c3ccccc3)cc2)cc(OC(=O)c2ccc(C(=O)c3ccccc3)cc2)c1. The third-order valence-electron chi connectivity index (χ3n) is 6.37. The molecule has 0 aromatic heterocycles. The molecule has 0 saturated heterocycles. The highest BCUT2D eigenvalue weighted by molar-refractivity contribution is 6.67. The van der Waals surface area contributed by atoms with E-state index in [0.717, 1.165) is 0 Å². The second-order valence-corrected chi connectivity index (χ2v) is 9.63. The molecule has 0 radical (unpaired) electrons. The van der Waals surface area contributed by atoms with Gasteiger partial charge in [-0.3, -0.25) is 14.4 Å². The number of halogens is 1. The van der Waals surface area contributed by atoms with Crippen molar-refractivity contribution in [2.24, 2.45) is 0 Å². The van der Waals surface area contributed by atoms with Gasteiger partial charge in [0.05, 0.1) is 11.1 Å². The van der Waals surface area contributed by atoms with Crippen molar-refractivity contribution in [2.45, 2.75) is 0 Å². The number of esters is 2. The fourth-order valence-electron chi connectivity index (χ4n) is 4.16. The van der Waals surface area contributed by atoms with Crippen LogP contribution >= 0.6 is 11.6 Å². The van der Waals surface area contributed by atoms with Gasteiger partial charge in [-0.2, -0.15) is 0 Å². The average Bonchev–Trinajstić information content (AvgIpc) is 3.05.